The Hall–Kier alpha value is -0.340. The van der Waals surface area contributed by atoms with Crippen LogP contribution in [0.3, 0.4) is 0 Å². The molecule has 0 aromatic carbocycles. The molecule has 0 saturated heterocycles. The van der Waals surface area contributed by atoms with E-state index in [-0.39, 0.29) is 0 Å². The second-order valence-electron chi connectivity index (χ2n) is 1.45. The van der Waals surface area contributed by atoms with Crippen LogP contribution in [-0.4, -0.2) is 25.3 Å². The van der Waals surface area contributed by atoms with Gasteiger partial charge in [0.2, 0.25) is 0 Å². The molecular weight excluding hydrogens is 102 g/mol. The lowest BCUT2D eigenvalue weighted by Crippen LogP contribution is -2.21. The Kier molecular flexibility index (Phi) is 4.61. The van der Waals surface area contributed by atoms with Gasteiger partial charge in [-0.05, 0) is 0 Å². The van der Waals surface area contributed by atoms with E-state index in [1.54, 1.807) is 7.11 Å². The molecule has 48 valence electrons. The Balaban J connectivity index is 3.20. The maximum Gasteiger partial charge on any atom is 0.0575 e. The average molecular weight is 115 g/mol. The normalized spacial score (nSPS) is 9.88. The van der Waals surface area contributed by atoms with E-state index in [0.29, 0.717) is 0 Å². The molecule has 0 atom stereocenters. The van der Waals surface area contributed by atoms with Gasteiger partial charge in [0.25, 0.3) is 0 Å². The maximum absolute atomic E-state index is 4.90. The third-order valence-electron chi connectivity index (χ3n) is 0.944. The highest BCUT2D eigenvalue weighted by atomic mass is 16.7. The van der Waals surface area contributed by atoms with Crippen LogP contribution in [0, 0.1) is 0 Å². The zero-order chi connectivity index (χ0) is 6.41. The fraction of sp³-hybridized carbons (Fsp3) is 0.667. The lowest BCUT2D eigenvalue weighted by molar-refractivity contribution is -0.118. The number of hydrogen-bond donors (Lipinski definition) is 0. The molecule has 0 amide bonds. The molecule has 0 aromatic heterocycles. The van der Waals surface area contributed by atoms with Gasteiger partial charge in [-0.2, -0.15) is 5.06 Å². The van der Waals surface area contributed by atoms with Gasteiger partial charge < -0.3 is 4.84 Å². The third kappa shape index (κ3) is 2.77. The van der Waals surface area contributed by atoms with Gasteiger partial charge in [0.1, 0.15) is 0 Å². The van der Waals surface area contributed by atoms with Crippen LogP contribution >= 0.6 is 0 Å². The fourth-order valence-electron chi connectivity index (χ4n) is 0.477. The Labute approximate surface area is 50.7 Å². The number of nitrogens with zero attached hydrogens (tertiary/aromatic N) is 1. The summed E-state index contributed by atoms with van der Waals surface area (Å²) in [5.41, 5.74) is 0. The highest BCUT2D eigenvalue weighted by Crippen LogP contribution is 1.84. The first-order valence-corrected chi connectivity index (χ1v) is 2.75. The second kappa shape index (κ2) is 4.81. The molecule has 8 heavy (non-hydrogen) atoms. The SMILES string of the molecule is C=CCN(CC)OC. The standard InChI is InChI=1S/C6H13NO/c1-4-6-7(5-2)8-3/h4H,1,5-6H2,2-3H3. The Morgan fingerprint density at radius 2 is 2.38 bits per heavy atom. The van der Waals surface area contributed by atoms with E-state index in [2.05, 4.69) is 6.58 Å². The van der Waals surface area contributed by atoms with Crippen LogP contribution in [0.2, 0.25) is 0 Å². The molecule has 0 heterocycles. The molecule has 0 spiro atoms. The molecule has 0 radical (unpaired) electrons. The van der Waals surface area contributed by atoms with Crippen molar-refractivity contribution in [3.05, 3.63) is 12.7 Å². The lowest BCUT2D eigenvalue weighted by atomic mass is 10.6. The van der Waals surface area contributed by atoms with Crippen molar-refractivity contribution in [2.45, 2.75) is 6.92 Å². The first-order valence-electron chi connectivity index (χ1n) is 2.75. The van der Waals surface area contributed by atoms with E-state index in [0.717, 1.165) is 13.1 Å². The van der Waals surface area contributed by atoms with Crippen molar-refractivity contribution in [2.24, 2.45) is 0 Å². The predicted molar refractivity (Wildman–Crippen MR) is 34.5 cm³/mol. The molecule has 0 aromatic rings. The van der Waals surface area contributed by atoms with Crippen LogP contribution in [0.4, 0.5) is 0 Å². The van der Waals surface area contributed by atoms with Gasteiger partial charge in [0.05, 0.1) is 7.11 Å². The number of hydroxylamine groups is 2. The van der Waals surface area contributed by atoms with E-state index < -0.39 is 0 Å². The van der Waals surface area contributed by atoms with E-state index >= 15 is 0 Å². The lowest BCUT2D eigenvalue weighted by Gasteiger charge is -2.13. The van der Waals surface area contributed by atoms with E-state index in [1.165, 1.54) is 0 Å². The first kappa shape index (κ1) is 7.66. The van der Waals surface area contributed by atoms with E-state index in [4.69, 9.17) is 4.84 Å². The molecule has 0 aliphatic heterocycles. The van der Waals surface area contributed by atoms with Gasteiger partial charge in [-0.25, -0.2) is 0 Å². The Bertz CT molecular complexity index is 59.5. The zero-order valence-corrected chi connectivity index (χ0v) is 5.55. The summed E-state index contributed by atoms with van der Waals surface area (Å²) in [7, 11) is 1.66. The van der Waals surface area contributed by atoms with Crippen LogP contribution in [0.5, 0.6) is 0 Å². The van der Waals surface area contributed by atoms with Crippen molar-refractivity contribution < 1.29 is 4.84 Å². The molecule has 2 heteroatoms. The van der Waals surface area contributed by atoms with Gasteiger partial charge >= 0.3 is 0 Å². The molecule has 0 bridgehead atoms. The van der Waals surface area contributed by atoms with Crippen LogP contribution in [0.25, 0.3) is 0 Å². The molecule has 0 rings (SSSR count). The summed E-state index contributed by atoms with van der Waals surface area (Å²) >= 11 is 0. The highest BCUT2D eigenvalue weighted by molar-refractivity contribution is 4.68. The number of rotatable bonds is 4. The summed E-state index contributed by atoms with van der Waals surface area (Å²) in [4.78, 5) is 4.90. The van der Waals surface area contributed by atoms with Crippen molar-refractivity contribution in [1.82, 2.24) is 5.06 Å². The molecule has 0 N–H and O–H groups in total. The quantitative estimate of drug-likeness (QED) is 0.401. The third-order valence-corrected chi connectivity index (χ3v) is 0.944. The van der Waals surface area contributed by atoms with E-state index in [1.807, 2.05) is 18.1 Å². The molecule has 2 nitrogen and oxygen atoms in total. The maximum atomic E-state index is 4.90. The summed E-state index contributed by atoms with van der Waals surface area (Å²) in [6.45, 7) is 7.31. The zero-order valence-electron chi connectivity index (χ0n) is 5.55. The molecular formula is C6H13NO. The summed E-state index contributed by atoms with van der Waals surface area (Å²) < 4.78 is 0. The molecule has 0 saturated carbocycles. The highest BCUT2D eigenvalue weighted by Gasteiger charge is 1.91. The predicted octanol–water partition coefficient (Wildman–Crippen LogP) is 1.06. The van der Waals surface area contributed by atoms with Gasteiger partial charge in [-0.1, -0.05) is 13.0 Å². The first-order chi connectivity index (χ1) is 3.85. The summed E-state index contributed by atoms with van der Waals surface area (Å²) in [6, 6.07) is 0. The van der Waals surface area contributed by atoms with Crippen LogP contribution in [0.1, 0.15) is 6.92 Å². The summed E-state index contributed by atoms with van der Waals surface area (Å²) in [6.07, 6.45) is 1.81. The van der Waals surface area contributed by atoms with Gasteiger partial charge in [-0.3, -0.25) is 0 Å². The van der Waals surface area contributed by atoms with Crippen molar-refractivity contribution in [1.29, 1.82) is 0 Å². The Morgan fingerprint density at radius 3 is 2.50 bits per heavy atom. The topological polar surface area (TPSA) is 12.5 Å². The molecule has 0 unspecified atom stereocenters. The molecule has 0 fully saturated rings. The van der Waals surface area contributed by atoms with Crippen LogP contribution < -0.4 is 0 Å². The van der Waals surface area contributed by atoms with Gasteiger partial charge in [0.15, 0.2) is 0 Å². The minimum Gasteiger partial charge on any atom is -0.302 e. The fourth-order valence-corrected chi connectivity index (χ4v) is 0.477. The summed E-state index contributed by atoms with van der Waals surface area (Å²) in [5.74, 6) is 0. The van der Waals surface area contributed by atoms with Crippen molar-refractivity contribution in [3.63, 3.8) is 0 Å². The van der Waals surface area contributed by atoms with Crippen molar-refractivity contribution in [2.75, 3.05) is 20.2 Å². The van der Waals surface area contributed by atoms with E-state index in [9.17, 15) is 0 Å². The average Bonchev–Trinajstić information content (AvgIpc) is 1.83. The van der Waals surface area contributed by atoms with Crippen molar-refractivity contribution >= 4 is 0 Å². The minimum atomic E-state index is 0.799. The second-order valence-corrected chi connectivity index (χ2v) is 1.45. The number of likely N-dealkylation sites (N-methyl/N-ethyl adjacent to an activating group) is 1. The molecule has 0 aliphatic carbocycles. The Morgan fingerprint density at radius 1 is 1.75 bits per heavy atom. The largest absolute Gasteiger partial charge is 0.302 e. The van der Waals surface area contributed by atoms with Crippen LogP contribution in [0.15, 0.2) is 12.7 Å². The van der Waals surface area contributed by atoms with Gasteiger partial charge in [-0.15, -0.1) is 6.58 Å². The minimum absolute atomic E-state index is 0.799. The molecule has 0 aliphatic rings. The monoisotopic (exact) mass is 115 g/mol. The smallest absolute Gasteiger partial charge is 0.0575 e. The van der Waals surface area contributed by atoms with Crippen molar-refractivity contribution in [3.8, 4) is 0 Å². The van der Waals surface area contributed by atoms with Gasteiger partial charge in [0, 0.05) is 13.1 Å². The number of hydrogen-bond acceptors (Lipinski definition) is 2. The summed E-state index contributed by atoms with van der Waals surface area (Å²) in [5, 5.41) is 1.81. The van der Waals surface area contributed by atoms with Crippen LogP contribution in [-0.2, 0) is 4.84 Å².